The van der Waals surface area contributed by atoms with Crippen LogP contribution >= 0.6 is 15.9 Å². The van der Waals surface area contributed by atoms with Crippen LogP contribution in [0.15, 0.2) is 33.7 Å². The minimum absolute atomic E-state index is 0.471. The summed E-state index contributed by atoms with van der Waals surface area (Å²) >= 11 is 3.53. The van der Waals surface area contributed by atoms with Gasteiger partial charge in [0.15, 0.2) is 0 Å². The molecule has 2 rings (SSSR count). The lowest BCUT2D eigenvalue weighted by Crippen LogP contribution is -2.27. The zero-order chi connectivity index (χ0) is 9.10. The monoisotopic (exact) mass is 238 g/mol. The quantitative estimate of drug-likeness (QED) is 0.838. The van der Waals surface area contributed by atoms with Crippen LogP contribution in [0.5, 0.6) is 0 Å². The number of hydrogen-bond acceptors (Lipinski definition) is 2. The Morgan fingerprint density at radius 3 is 3.00 bits per heavy atom. The van der Waals surface area contributed by atoms with E-state index in [1.165, 1.54) is 10.0 Å². The third-order valence-corrected chi connectivity index (χ3v) is 2.93. The van der Waals surface area contributed by atoms with Gasteiger partial charge in [0.25, 0.3) is 0 Å². The summed E-state index contributed by atoms with van der Waals surface area (Å²) in [6, 6.07) is 8.79. The van der Waals surface area contributed by atoms with Gasteiger partial charge in [-0.15, -0.1) is 0 Å². The molecule has 0 aliphatic carbocycles. The maximum absolute atomic E-state index is 4.14. The Balaban J connectivity index is 2.05. The highest BCUT2D eigenvalue weighted by Crippen LogP contribution is 2.17. The molecule has 0 fully saturated rings. The maximum atomic E-state index is 4.14. The summed E-state index contributed by atoms with van der Waals surface area (Å²) in [5, 5.41) is 3.22. The van der Waals surface area contributed by atoms with E-state index >= 15 is 0 Å². The molecule has 0 amide bonds. The molecule has 13 heavy (non-hydrogen) atoms. The number of aliphatic imine (C=N–C) groups is 1. The Kier molecular flexibility index (Phi) is 2.64. The van der Waals surface area contributed by atoms with Gasteiger partial charge in [-0.05, 0) is 18.1 Å². The first-order valence-electron chi connectivity index (χ1n) is 4.34. The van der Waals surface area contributed by atoms with Crippen molar-refractivity contribution in [1.29, 1.82) is 0 Å². The van der Waals surface area contributed by atoms with E-state index in [4.69, 9.17) is 0 Å². The van der Waals surface area contributed by atoms with Crippen LogP contribution in [0, 0.1) is 0 Å². The molecule has 0 saturated heterocycles. The van der Waals surface area contributed by atoms with E-state index < -0.39 is 0 Å². The third kappa shape index (κ3) is 2.10. The summed E-state index contributed by atoms with van der Waals surface area (Å²) in [4.78, 5) is 4.14. The first-order chi connectivity index (χ1) is 6.36. The van der Waals surface area contributed by atoms with E-state index in [0.717, 1.165) is 13.0 Å². The molecular weight excluding hydrogens is 228 g/mol. The van der Waals surface area contributed by atoms with Gasteiger partial charge >= 0.3 is 0 Å². The molecule has 1 heterocycles. The summed E-state index contributed by atoms with van der Waals surface area (Å²) in [6.45, 7) is 0.890. The minimum atomic E-state index is 0.471. The SMILES string of the molecule is Brc1ccccc1CC1CN=CN1. The van der Waals surface area contributed by atoms with Crippen molar-refractivity contribution in [3.8, 4) is 0 Å². The van der Waals surface area contributed by atoms with Gasteiger partial charge in [0.1, 0.15) is 0 Å². The predicted molar refractivity (Wildman–Crippen MR) is 58.1 cm³/mol. The molecule has 0 saturated carbocycles. The summed E-state index contributed by atoms with van der Waals surface area (Å²) < 4.78 is 1.18. The van der Waals surface area contributed by atoms with E-state index in [1.807, 2.05) is 6.07 Å². The van der Waals surface area contributed by atoms with Gasteiger partial charge in [-0.1, -0.05) is 34.1 Å². The van der Waals surface area contributed by atoms with E-state index in [2.05, 4.69) is 44.4 Å². The van der Waals surface area contributed by atoms with Crippen LogP contribution in [0.25, 0.3) is 0 Å². The van der Waals surface area contributed by atoms with Crippen LogP contribution in [0.2, 0.25) is 0 Å². The summed E-state index contributed by atoms with van der Waals surface area (Å²) in [7, 11) is 0. The molecule has 3 heteroatoms. The molecule has 1 N–H and O–H groups in total. The number of benzene rings is 1. The first kappa shape index (κ1) is 8.75. The van der Waals surface area contributed by atoms with Crippen LogP contribution in [0.3, 0.4) is 0 Å². The highest BCUT2D eigenvalue weighted by molar-refractivity contribution is 9.10. The maximum Gasteiger partial charge on any atom is 0.0827 e. The van der Waals surface area contributed by atoms with Gasteiger partial charge in [-0.3, -0.25) is 4.99 Å². The van der Waals surface area contributed by atoms with Gasteiger partial charge in [0.05, 0.1) is 18.9 Å². The molecule has 0 spiro atoms. The van der Waals surface area contributed by atoms with E-state index in [0.29, 0.717) is 6.04 Å². The fraction of sp³-hybridized carbons (Fsp3) is 0.300. The molecule has 1 aliphatic rings. The van der Waals surface area contributed by atoms with Crippen molar-refractivity contribution in [1.82, 2.24) is 5.32 Å². The second-order valence-corrected chi connectivity index (χ2v) is 4.01. The average molecular weight is 239 g/mol. The normalized spacial score (nSPS) is 20.2. The number of halogens is 1. The standard InChI is InChI=1S/C10H11BrN2/c11-10-4-2-1-3-8(10)5-9-6-12-7-13-9/h1-4,7,9H,5-6H2,(H,12,13). The number of nitrogens with zero attached hydrogens (tertiary/aromatic N) is 1. The summed E-state index contributed by atoms with van der Waals surface area (Å²) in [5.74, 6) is 0. The molecule has 1 aliphatic heterocycles. The summed E-state index contributed by atoms with van der Waals surface area (Å²) in [5.41, 5.74) is 1.34. The van der Waals surface area contributed by atoms with Gasteiger partial charge in [-0.25, -0.2) is 0 Å². The number of nitrogens with one attached hydrogen (secondary N) is 1. The zero-order valence-electron chi connectivity index (χ0n) is 7.20. The lowest BCUT2D eigenvalue weighted by Gasteiger charge is -2.10. The molecular formula is C10H11BrN2. The van der Waals surface area contributed by atoms with Crippen molar-refractivity contribution < 1.29 is 0 Å². The molecule has 0 radical (unpaired) electrons. The summed E-state index contributed by atoms with van der Waals surface area (Å²) in [6.07, 6.45) is 2.82. The van der Waals surface area contributed by atoms with E-state index in [9.17, 15) is 0 Å². The zero-order valence-corrected chi connectivity index (χ0v) is 8.79. The predicted octanol–water partition coefficient (Wildman–Crippen LogP) is 1.99. The number of rotatable bonds is 2. The van der Waals surface area contributed by atoms with Crippen molar-refractivity contribution in [2.45, 2.75) is 12.5 Å². The van der Waals surface area contributed by atoms with Crippen molar-refractivity contribution in [3.05, 3.63) is 34.3 Å². The van der Waals surface area contributed by atoms with Crippen molar-refractivity contribution in [3.63, 3.8) is 0 Å². The second-order valence-electron chi connectivity index (χ2n) is 3.15. The van der Waals surface area contributed by atoms with Gasteiger partial charge < -0.3 is 5.32 Å². The Morgan fingerprint density at radius 2 is 2.31 bits per heavy atom. The molecule has 0 bridgehead atoms. The highest BCUT2D eigenvalue weighted by Gasteiger charge is 2.11. The molecule has 1 aromatic rings. The van der Waals surface area contributed by atoms with E-state index in [-0.39, 0.29) is 0 Å². The Hall–Kier alpha value is -0.830. The Morgan fingerprint density at radius 1 is 1.46 bits per heavy atom. The molecule has 2 nitrogen and oxygen atoms in total. The smallest absolute Gasteiger partial charge is 0.0827 e. The average Bonchev–Trinajstić information content (AvgIpc) is 2.61. The minimum Gasteiger partial charge on any atom is -0.372 e. The van der Waals surface area contributed by atoms with Gasteiger partial charge in [0.2, 0.25) is 0 Å². The van der Waals surface area contributed by atoms with Crippen LogP contribution < -0.4 is 5.32 Å². The molecule has 0 aromatic heterocycles. The van der Waals surface area contributed by atoms with Crippen LogP contribution in [-0.2, 0) is 6.42 Å². The molecule has 1 unspecified atom stereocenters. The molecule has 1 atom stereocenters. The number of hydrogen-bond donors (Lipinski definition) is 1. The second kappa shape index (κ2) is 3.92. The first-order valence-corrected chi connectivity index (χ1v) is 5.13. The van der Waals surface area contributed by atoms with Crippen molar-refractivity contribution in [2.75, 3.05) is 6.54 Å². The topological polar surface area (TPSA) is 24.4 Å². The van der Waals surface area contributed by atoms with Crippen LogP contribution in [0.1, 0.15) is 5.56 Å². The van der Waals surface area contributed by atoms with Crippen molar-refractivity contribution in [2.24, 2.45) is 4.99 Å². The largest absolute Gasteiger partial charge is 0.372 e. The van der Waals surface area contributed by atoms with Gasteiger partial charge in [-0.2, -0.15) is 0 Å². The third-order valence-electron chi connectivity index (χ3n) is 2.15. The van der Waals surface area contributed by atoms with Crippen molar-refractivity contribution >= 4 is 22.3 Å². The van der Waals surface area contributed by atoms with E-state index in [1.54, 1.807) is 6.34 Å². The van der Waals surface area contributed by atoms with Crippen LogP contribution in [0.4, 0.5) is 0 Å². The van der Waals surface area contributed by atoms with Crippen LogP contribution in [-0.4, -0.2) is 18.9 Å². The fourth-order valence-electron chi connectivity index (χ4n) is 1.44. The lowest BCUT2D eigenvalue weighted by atomic mass is 10.1. The fourth-order valence-corrected chi connectivity index (χ4v) is 1.89. The van der Waals surface area contributed by atoms with Gasteiger partial charge in [0, 0.05) is 4.47 Å². The Labute approximate surface area is 86.2 Å². The molecule has 68 valence electrons. The lowest BCUT2D eigenvalue weighted by molar-refractivity contribution is 0.655. The highest BCUT2D eigenvalue weighted by atomic mass is 79.9. The Bertz CT molecular complexity index is 314. The molecule has 1 aromatic carbocycles.